The summed E-state index contributed by atoms with van der Waals surface area (Å²) in [5.74, 6) is -0.316. The Balaban J connectivity index is 2.18. The number of carbonyl (C=O) groups is 1. The number of rotatable bonds is 7. The summed E-state index contributed by atoms with van der Waals surface area (Å²) in [5, 5.41) is 20.5. The van der Waals surface area contributed by atoms with E-state index in [0.717, 1.165) is 24.8 Å². The van der Waals surface area contributed by atoms with Gasteiger partial charge >= 0.3 is 0 Å². The molecule has 0 unspecified atom stereocenters. The molecule has 0 aromatic heterocycles. The van der Waals surface area contributed by atoms with Gasteiger partial charge in [0.25, 0.3) is 0 Å². The van der Waals surface area contributed by atoms with E-state index in [1.54, 1.807) is 30.3 Å². The molecular formula is C19H21ClO3. The first-order chi connectivity index (χ1) is 11.0. The van der Waals surface area contributed by atoms with E-state index < -0.39 is 0 Å². The lowest BCUT2D eigenvalue weighted by Gasteiger charge is -2.10. The van der Waals surface area contributed by atoms with Crippen molar-refractivity contribution in [2.75, 3.05) is 0 Å². The van der Waals surface area contributed by atoms with Crippen LogP contribution in [0.4, 0.5) is 0 Å². The monoisotopic (exact) mass is 332 g/mol. The Morgan fingerprint density at radius 3 is 2.39 bits per heavy atom. The van der Waals surface area contributed by atoms with Crippen LogP contribution in [0.15, 0.2) is 36.4 Å². The Morgan fingerprint density at radius 1 is 1.04 bits per heavy atom. The van der Waals surface area contributed by atoms with Gasteiger partial charge in [-0.05, 0) is 42.2 Å². The van der Waals surface area contributed by atoms with E-state index in [-0.39, 0.29) is 29.3 Å². The van der Waals surface area contributed by atoms with Crippen molar-refractivity contribution in [2.24, 2.45) is 0 Å². The van der Waals surface area contributed by atoms with Crippen LogP contribution in [0.3, 0.4) is 0 Å². The fourth-order valence-electron chi connectivity index (χ4n) is 2.49. The third-order valence-electron chi connectivity index (χ3n) is 3.82. The summed E-state index contributed by atoms with van der Waals surface area (Å²) in [4.78, 5) is 12.4. The highest BCUT2D eigenvalue weighted by molar-refractivity contribution is 6.30. The molecule has 2 N–H and O–H groups in total. The number of phenolic OH excluding ortho intramolecular Hbond substituents is 2. The number of hydrogen-bond acceptors (Lipinski definition) is 3. The summed E-state index contributed by atoms with van der Waals surface area (Å²) in [6.45, 7) is 2.11. The van der Waals surface area contributed by atoms with Gasteiger partial charge in [-0.2, -0.15) is 0 Å². The second kappa shape index (κ2) is 8.02. The largest absolute Gasteiger partial charge is 0.508 e. The second-order valence-electron chi connectivity index (χ2n) is 5.68. The van der Waals surface area contributed by atoms with Crippen molar-refractivity contribution in [3.63, 3.8) is 0 Å². The average molecular weight is 333 g/mol. The van der Waals surface area contributed by atoms with Crippen molar-refractivity contribution in [1.82, 2.24) is 0 Å². The standard InChI is InChI=1S/C19H21ClO3/c1-2-3-4-5-14-11-16(19(23)12-17(14)21)18(22)10-13-6-8-15(20)9-7-13/h6-9,11-12,21,23H,2-5,10H2,1H3. The third-order valence-corrected chi connectivity index (χ3v) is 4.08. The Bertz CT molecular complexity index is 678. The third kappa shape index (κ3) is 4.73. The molecule has 0 bridgehead atoms. The summed E-state index contributed by atoms with van der Waals surface area (Å²) in [7, 11) is 0. The molecule has 2 aromatic carbocycles. The van der Waals surface area contributed by atoms with Crippen molar-refractivity contribution in [2.45, 2.75) is 39.0 Å². The van der Waals surface area contributed by atoms with Crippen LogP contribution in [-0.2, 0) is 12.8 Å². The van der Waals surface area contributed by atoms with Gasteiger partial charge in [0.05, 0.1) is 5.56 Å². The Morgan fingerprint density at radius 2 is 1.74 bits per heavy atom. The van der Waals surface area contributed by atoms with Crippen molar-refractivity contribution >= 4 is 17.4 Å². The first-order valence-electron chi connectivity index (χ1n) is 7.83. The van der Waals surface area contributed by atoms with Crippen LogP contribution < -0.4 is 0 Å². The summed E-state index contributed by atoms with van der Waals surface area (Å²) in [6.07, 6.45) is 3.97. The van der Waals surface area contributed by atoms with Crippen LogP contribution in [0.25, 0.3) is 0 Å². The highest BCUT2D eigenvalue weighted by Gasteiger charge is 2.15. The Hall–Kier alpha value is -2.00. The Labute approximate surface area is 141 Å². The number of aromatic hydroxyl groups is 2. The van der Waals surface area contributed by atoms with E-state index in [4.69, 9.17) is 11.6 Å². The van der Waals surface area contributed by atoms with Crippen LogP contribution >= 0.6 is 11.6 Å². The van der Waals surface area contributed by atoms with Crippen molar-refractivity contribution < 1.29 is 15.0 Å². The molecule has 2 rings (SSSR count). The molecule has 0 amide bonds. The fourth-order valence-corrected chi connectivity index (χ4v) is 2.62. The van der Waals surface area contributed by atoms with Crippen LogP contribution in [0, 0.1) is 0 Å². The minimum absolute atomic E-state index is 0.0432. The molecule has 0 aliphatic rings. The number of hydrogen-bond donors (Lipinski definition) is 2. The molecule has 0 saturated carbocycles. The van der Waals surface area contributed by atoms with Crippen molar-refractivity contribution in [3.8, 4) is 11.5 Å². The first-order valence-corrected chi connectivity index (χ1v) is 8.21. The first kappa shape index (κ1) is 17.4. The highest BCUT2D eigenvalue weighted by Crippen LogP contribution is 2.29. The summed E-state index contributed by atoms with van der Waals surface area (Å²) in [6, 6.07) is 9.92. The normalized spacial score (nSPS) is 10.7. The average Bonchev–Trinajstić information content (AvgIpc) is 2.51. The number of aryl methyl sites for hydroxylation is 1. The van der Waals surface area contributed by atoms with E-state index in [2.05, 4.69) is 6.92 Å². The number of unbranched alkanes of at least 4 members (excludes halogenated alkanes) is 2. The van der Waals surface area contributed by atoms with Crippen LogP contribution in [0.5, 0.6) is 11.5 Å². The molecule has 0 atom stereocenters. The fraction of sp³-hybridized carbons (Fsp3) is 0.316. The zero-order valence-electron chi connectivity index (χ0n) is 13.2. The molecule has 0 aliphatic carbocycles. The van der Waals surface area contributed by atoms with Crippen LogP contribution in [0.1, 0.15) is 47.7 Å². The Kier molecular flexibility index (Phi) is 6.05. The summed E-state index contributed by atoms with van der Waals surface area (Å²) < 4.78 is 0. The molecule has 2 aromatic rings. The van der Waals surface area contributed by atoms with Gasteiger partial charge in [-0.15, -0.1) is 0 Å². The summed E-state index contributed by atoms with van der Waals surface area (Å²) in [5.41, 5.74) is 1.79. The highest BCUT2D eigenvalue weighted by atomic mass is 35.5. The SMILES string of the molecule is CCCCCc1cc(C(=O)Cc2ccc(Cl)cc2)c(O)cc1O. The molecule has 3 nitrogen and oxygen atoms in total. The molecule has 0 spiro atoms. The number of phenols is 2. The molecule has 23 heavy (non-hydrogen) atoms. The predicted molar refractivity (Wildman–Crippen MR) is 92.5 cm³/mol. The maximum absolute atomic E-state index is 12.4. The quantitative estimate of drug-likeness (QED) is 0.559. The van der Waals surface area contributed by atoms with Gasteiger partial charge in [0.15, 0.2) is 5.78 Å². The maximum Gasteiger partial charge on any atom is 0.170 e. The lowest BCUT2D eigenvalue weighted by atomic mass is 9.97. The van der Waals surface area contributed by atoms with E-state index in [1.807, 2.05) is 0 Å². The molecular weight excluding hydrogens is 312 g/mol. The molecule has 0 saturated heterocycles. The topological polar surface area (TPSA) is 57.5 Å². The van der Waals surface area contributed by atoms with Gasteiger partial charge in [0.2, 0.25) is 0 Å². The summed E-state index contributed by atoms with van der Waals surface area (Å²) >= 11 is 5.84. The molecule has 0 heterocycles. The smallest absolute Gasteiger partial charge is 0.170 e. The minimum atomic E-state index is -0.180. The van der Waals surface area contributed by atoms with Gasteiger partial charge in [-0.1, -0.05) is 43.5 Å². The van der Waals surface area contributed by atoms with E-state index in [9.17, 15) is 15.0 Å². The van der Waals surface area contributed by atoms with E-state index in [0.29, 0.717) is 17.0 Å². The predicted octanol–water partition coefficient (Wildman–Crippen LogP) is 4.91. The van der Waals surface area contributed by atoms with Gasteiger partial charge in [-0.25, -0.2) is 0 Å². The minimum Gasteiger partial charge on any atom is -0.508 e. The zero-order chi connectivity index (χ0) is 16.8. The van der Waals surface area contributed by atoms with Crippen molar-refractivity contribution in [3.05, 3.63) is 58.1 Å². The molecule has 0 aliphatic heterocycles. The molecule has 0 radical (unpaired) electrons. The number of halogens is 1. The van der Waals surface area contributed by atoms with Gasteiger partial charge < -0.3 is 10.2 Å². The lowest BCUT2D eigenvalue weighted by Crippen LogP contribution is -2.05. The van der Waals surface area contributed by atoms with E-state index >= 15 is 0 Å². The van der Waals surface area contributed by atoms with Crippen LogP contribution in [0.2, 0.25) is 5.02 Å². The van der Waals surface area contributed by atoms with Crippen LogP contribution in [-0.4, -0.2) is 16.0 Å². The van der Waals surface area contributed by atoms with Gasteiger partial charge in [0, 0.05) is 17.5 Å². The molecule has 122 valence electrons. The van der Waals surface area contributed by atoms with Gasteiger partial charge in [0.1, 0.15) is 11.5 Å². The number of Topliss-reactive ketones (excluding diaryl/α,β-unsaturated/α-hetero) is 1. The van der Waals surface area contributed by atoms with Crippen molar-refractivity contribution in [1.29, 1.82) is 0 Å². The molecule has 0 fully saturated rings. The zero-order valence-corrected chi connectivity index (χ0v) is 13.9. The maximum atomic E-state index is 12.4. The number of carbonyl (C=O) groups excluding carboxylic acids is 1. The second-order valence-corrected chi connectivity index (χ2v) is 6.12. The number of benzene rings is 2. The lowest BCUT2D eigenvalue weighted by molar-refractivity contribution is 0.0990. The number of ketones is 1. The van der Waals surface area contributed by atoms with E-state index in [1.165, 1.54) is 6.07 Å². The van der Waals surface area contributed by atoms with Gasteiger partial charge in [-0.3, -0.25) is 4.79 Å². The molecule has 4 heteroatoms.